The van der Waals surface area contributed by atoms with Gasteiger partial charge in [0.25, 0.3) is 0 Å². The number of ether oxygens (including phenoxy) is 1. The number of hydrogen-bond donors (Lipinski definition) is 1. The number of anilines is 1. The van der Waals surface area contributed by atoms with E-state index < -0.39 is 0 Å². The first-order valence-corrected chi connectivity index (χ1v) is 7.67. The molecule has 2 atom stereocenters. The normalized spacial score (nSPS) is 13.9. The lowest BCUT2D eigenvalue weighted by Gasteiger charge is -2.23. The van der Waals surface area contributed by atoms with Gasteiger partial charge in [0.2, 0.25) is 0 Å². The first-order chi connectivity index (χ1) is 9.10. The molecule has 0 saturated heterocycles. The first-order valence-electron chi connectivity index (χ1n) is 7.29. The lowest BCUT2D eigenvalue weighted by Crippen LogP contribution is -2.21. The van der Waals surface area contributed by atoms with Gasteiger partial charge in [-0.25, -0.2) is 0 Å². The smallest absolute Gasteiger partial charge is 0.142 e. The maximum atomic E-state index is 6.08. The fourth-order valence-corrected chi connectivity index (χ4v) is 2.27. The van der Waals surface area contributed by atoms with Crippen LogP contribution in [0.4, 0.5) is 5.69 Å². The maximum absolute atomic E-state index is 6.08. The molecule has 0 heterocycles. The van der Waals surface area contributed by atoms with Crippen molar-refractivity contribution in [1.29, 1.82) is 0 Å². The molecule has 0 aromatic heterocycles. The molecule has 0 aliphatic carbocycles. The van der Waals surface area contributed by atoms with Gasteiger partial charge >= 0.3 is 0 Å². The average Bonchev–Trinajstić information content (AvgIpc) is 2.40. The van der Waals surface area contributed by atoms with Crippen molar-refractivity contribution < 1.29 is 4.74 Å². The lowest BCUT2D eigenvalue weighted by molar-refractivity contribution is 0.341. The molecule has 2 nitrogen and oxygen atoms in total. The molecule has 108 valence electrons. The molecule has 1 aromatic rings. The van der Waals surface area contributed by atoms with Crippen LogP contribution in [0.15, 0.2) is 18.2 Å². The fraction of sp³-hybridized carbons (Fsp3) is 0.625. The second kappa shape index (κ2) is 8.31. The monoisotopic (exact) mass is 283 g/mol. The van der Waals surface area contributed by atoms with Crippen molar-refractivity contribution in [3.05, 3.63) is 23.2 Å². The van der Waals surface area contributed by atoms with E-state index in [1.807, 2.05) is 25.1 Å². The van der Waals surface area contributed by atoms with Gasteiger partial charge < -0.3 is 10.1 Å². The second-order valence-electron chi connectivity index (χ2n) is 5.07. The van der Waals surface area contributed by atoms with Crippen molar-refractivity contribution >= 4 is 17.3 Å². The number of hydrogen-bond acceptors (Lipinski definition) is 2. The number of halogens is 1. The molecule has 1 N–H and O–H groups in total. The second-order valence-corrected chi connectivity index (χ2v) is 5.51. The van der Waals surface area contributed by atoms with Gasteiger partial charge in [0.05, 0.1) is 12.3 Å². The van der Waals surface area contributed by atoms with E-state index in [-0.39, 0.29) is 0 Å². The Bertz CT molecular complexity index is 381. The molecule has 0 saturated carbocycles. The standard InChI is InChI=1S/C16H26ClNO/c1-5-12(4)10-14(6-2)18-15-11-13(17)8-9-16(15)19-7-3/h8-9,11-12,14,18H,5-7,10H2,1-4H3. The molecule has 0 aliphatic heterocycles. The van der Waals surface area contributed by atoms with Crippen LogP contribution in [0.2, 0.25) is 5.02 Å². The van der Waals surface area contributed by atoms with Crippen molar-refractivity contribution in [3.8, 4) is 5.75 Å². The molecular formula is C16H26ClNO. The minimum Gasteiger partial charge on any atom is -0.492 e. The van der Waals surface area contributed by atoms with E-state index in [0.717, 1.165) is 28.8 Å². The zero-order chi connectivity index (χ0) is 14.3. The molecule has 2 unspecified atom stereocenters. The summed E-state index contributed by atoms with van der Waals surface area (Å²) >= 11 is 6.08. The highest BCUT2D eigenvalue weighted by molar-refractivity contribution is 6.30. The predicted molar refractivity (Wildman–Crippen MR) is 84.4 cm³/mol. The van der Waals surface area contributed by atoms with Crippen LogP contribution in [0.25, 0.3) is 0 Å². The van der Waals surface area contributed by atoms with Crippen LogP contribution in [-0.2, 0) is 0 Å². The van der Waals surface area contributed by atoms with Crippen LogP contribution in [0.3, 0.4) is 0 Å². The van der Waals surface area contributed by atoms with Crippen LogP contribution in [0.1, 0.15) is 47.0 Å². The number of rotatable bonds is 8. The Hall–Kier alpha value is -0.890. The molecular weight excluding hydrogens is 258 g/mol. The van der Waals surface area contributed by atoms with Crippen LogP contribution < -0.4 is 10.1 Å². The van der Waals surface area contributed by atoms with Gasteiger partial charge in [0.1, 0.15) is 5.75 Å². The highest BCUT2D eigenvalue weighted by atomic mass is 35.5. The Morgan fingerprint density at radius 2 is 1.95 bits per heavy atom. The van der Waals surface area contributed by atoms with Gasteiger partial charge in [-0.15, -0.1) is 0 Å². The van der Waals surface area contributed by atoms with Crippen LogP contribution in [0.5, 0.6) is 5.75 Å². The average molecular weight is 284 g/mol. The van der Waals surface area contributed by atoms with E-state index in [0.29, 0.717) is 12.6 Å². The Kier molecular flexibility index (Phi) is 7.07. The summed E-state index contributed by atoms with van der Waals surface area (Å²) in [5, 5.41) is 4.32. The fourth-order valence-electron chi connectivity index (χ4n) is 2.10. The zero-order valence-electron chi connectivity index (χ0n) is 12.5. The summed E-state index contributed by atoms with van der Waals surface area (Å²) in [6.07, 6.45) is 3.49. The molecule has 3 heteroatoms. The molecule has 1 aromatic carbocycles. The molecule has 0 radical (unpaired) electrons. The summed E-state index contributed by atoms with van der Waals surface area (Å²) < 4.78 is 5.65. The van der Waals surface area contributed by atoms with Gasteiger partial charge in [-0.05, 0) is 43.9 Å². The summed E-state index contributed by atoms with van der Waals surface area (Å²) in [6.45, 7) is 9.41. The van der Waals surface area contributed by atoms with E-state index >= 15 is 0 Å². The largest absolute Gasteiger partial charge is 0.492 e. The van der Waals surface area contributed by atoms with Crippen LogP contribution in [-0.4, -0.2) is 12.6 Å². The van der Waals surface area contributed by atoms with Gasteiger partial charge in [0, 0.05) is 11.1 Å². The third-order valence-electron chi connectivity index (χ3n) is 3.48. The molecule has 19 heavy (non-hydrogen) atoms. The molecule has 0 fully saturated rings. The molecule has 0 spiro atoms. The minimum absolute atomic E-state index is 0.465. The van der Waals surface area contributed by atoms with Gasteiger partial charge in [-0.2, -0.15) is 0 Å². The first kappa shape index (κ1) is 16.2. The van der Waals surface area contributed by atoms with Crippen molar-refractivity contribution in [2.75, 3.05) is 11.9 Å². The number of nitrogens with one attached hydrogen (secondary N) is 1. The predicted octanol–water partition coefficient (Wildman–Crippen LogP) is 5.37. The van der Waals surface area contributed by atoms with Crippen LogP contribution in [0, 0.1) is 5.92 Å². The summed E-state index contributed by atoms with van der Waals surface area (Å²) in [4.78, 5) is 0. The van der Waals surface area contributed by atoms with E-state index in [9.17, 15) is 0 Å². The summed E-state index contributed by atoms with van der Waals surface area (Å²) in [5.41, 5.74) is 1.00. The van der Waals surface area contributed by atoms with E-state index in [2.05, 4.69) is 26.1 Å². The van der Waals surface area contributed by atoms with Gasteiger partial charge in [0.15, 0.2) is 0 Å². The summed E-state index contributed by atoms with van der Waals surface area (Å²) in [7, 11) is 0. The van der Waals surface area contributed by atoms with Gasteiger partial charge in [-0.3, -0.25) is 0 Å². The highest BCUT2D eigenvalue weighted by Crippen LogP contribution is 2.30. The summed E-state index contributed by atoms with van der Waals surface area (Å²) in [6, 6.07) is 6.22. The Morgan fingerprint density at radius 3 is 2.53 bits per heavy atom. The molecule has 0 amide bonds. The van der Waals surface area contributed by atoms with E-state index in [4.69, 9.17) is 16.3 Å². The molecule has 0 aliphatic rings. The SMILES string of the molecule is CCOc1ccc(Cl)cc1NC(CC)CC(C)CC. The van der Waals surface area contributed by atoms with E-state index in [1.165, 1.54) is 12.8 Å². The quantitative estimate of drug-likeness (QED) is 0.693. The highest BCUT2D eigenvalue weighted by Gasteiger charge is 2.13. The van der Waals surface area contributed by atoms with Crippen molar-refractivity contribution in [2.24, 2.45) is 5.92 Å². The zero-order valence-corrected chi connectivity index (χ0v) is 13.3. The third-order valence-corrected chi connectivity index (χ3v) is 3.71. The van der Waals surface area contributed by atoms with Crippen LogP contribution >= 0.6 is 11.6 Å². The lowest BCUT2D eigenvalue weighted by atomic mass is 9.97. The Morgan fingerprint density at radius 1 is 1.21 bits per heavy atom. The topological polar surface area (TPSA) is 21.3 Å². The van der Waals surface area contributed by atoms with E-state index in [1.54, 1.807) is 0 Å². The molecule has 0 bridgehead atoms. The maximum Gasteiger partial charge on any atom is 0.142 e. The number of benzene rings is 1. The summed E-state index contributed by atoms with van der Waals surface area (Å²) in [5.74, 6) is 1.61. The van der Waals surface area contributed by atoms with Crippen molar-refractivity contribution in [1.82, 2.24) is 0 Å². The Labute approximate surface area is 122 Å². The van der Waals surface area contributed by atoms with Crippen molar-refractivity contribution in [3.63, 3.8) is 0 Å². The minimum atomic E-state index is 0.465. The Balaban J connectivity index is 2.79. The van der Waals surface area contributed by atoms with Crippen molar-refractivity contribution in [2.45, 2.75) is 53.0 Å². The van der Waals surface area contributed by atoms with Gasteiger partial charge in [-0.1, -0.05) is 38.8 Å². The third kappa shape index (κ3) is 5.32. The molecule has 1 rings (SSSR count).